The summed E-state index contributed by atoms with van der Waals surface area (Å²) in [5.74, 6) is 0.791. The number of imidazole rings is 1. The number of halogens is 3. The Morgan fingerprint density at radius 2 is 1.86 bits per heavy atom. The molecule has 0 spiro atoms. The number of hydrogen-bond donors (Lipinski definition) is 0. The molecule has 0 N–H and O–H groups in total. The van der Waals surface area contributed by atoms with Gasteiger partial charge in [-0.2, -0.15) is 0 Å². The molecule has 0 radical (unpaired) electrons. The Bertz CT molecular complexity index is 822. The lowest BCUT2D eigenvalue weighted by Gasteiger charge is -2.11. The second-order valence-corrected chi connectivity index (χ2v) is 6.43. The van der Waals surface area contributed by atoms with Crippen molar-refractivity contribution in [2.45, 2.75) is 19.2 Å². The molecule has 1 unspecified atom stereocenters. The van der Waals surface area contributed by atoms with E-state index in [9.17, 15) is 0 Å². The van der Waals surface area contributed by atoms with E-state index in [1.165, 1.54) is 0 Å². The van der Waals surface area contributed by atoms with Crippen LogP contribution in [0.1, 0.15) is 23.7 Å². The minimum Gasteiger partial charge on any atom is -0.295 e. The van der Waals surface area contributed by atoms with Crippen molar-refractivity contribution in [3.8, 4) is 5.69 Å². The Balaban J connectivity index is 2.36. The number of rotatable bonds is 2. The zero-order valence-corrected chi connectivity index (χ0v) is 13.8. The summed E-state index contributed by atoms with van der Waals surface area (Å²) in [5.41, 5.74) is 3.98. The van der Waals surface area contributed by atoms with E-state index in [0.717, 1.165) is 28.1 Å². The van der Waals surface area contributed by atoms with Gasteiger partial charge in [0.05, 0.1) is 26.5 Å². The first kappa shape index (κ1) is 14.7. The molecule has 0 saturated heterocycles. The Morgan fingerprint density at radius 1 is 1.10 bits per heavy atom. The van der Waals surface area contributed by atoms with Crippen molar-refractivity contribution in [3.63, 3.8) is 0 Å². The van der Waals surface area contributed by atoms with E-state index in [1.54, 1.807) is 6.07 Å². The predicted molar refractivity (Wildman–Crippen MR) is 90.1 cm³/mol. The van der Waals surface area contributed by atoms with Crippen molar-refractivity contribution in [1.82, 2.24) is 9.55 Å². The van der Waals surface area contributed by atoms with Gasteiger partial charge in [-0.3, -0.25) is 4.57 Å². The first-order valence-corrected chi connectivity index (χ1v) is 7.75. The van der Waals surface area contributed by atoms with E-state index in [1.807, 2.05) is 48.7 Å². The van der Waals surface area contributed by atoms with Crippen LogP contribution in [-0.4, -0.2) is 9.55 Å². The van der Waals surface area contributed by atoms with Gasteiger partial charge in [-0.05, 0) is 43.7 Å². The second-order valence-electron chi connectivity index (χ2n) is 4.96. The molecule has 1 heterocycles. The highest BCUT2D eigenvalue weighted by Gasteiger charge is 2.17. The Labute approximate surface area is 138 Å². The molecule has 1 atom stereocenters. The van der Waals surface area contributed by atoms with Crippen molar-refractivity contribution < 1.29 is 0 Å². The van der Waals surface area contributed by atoms with Crippen molar-refractivity contribution in [2.75, 3.05) is 0 Å². The summed E-state index contributed by atoms with van der Waals surface area (Å²) >= 11 is 18.5. The maximum Gasteiger partial charge on any atom is 0.132 e. The van der Waals surface area contributed by atoms with Crippen molar-refractivity contribution in [3.05, 3.63) is 57.8 Å². The standard InChI is InChI=1S/C16H13Cl3N2/c1-9-4-3-5-14-15(9)20-16(10(2)17)21(14)11-6-7-12(18)13(19)8-11/h3-8,10H,1-2H3. The SMILES string of the molecule is Cc1cccc2c1nc(C(C)Cl)n2-c1ccc(Cl)c(Cl)c1. The van der Waals surface area contributed by atoms with Crippen LogP contribution >= 0.6 is 34.8 Å². The number of benzene rings is 2. The third kappa shape index (κ3) is 2.52. The van der Waals surface area contributed by atoms with Gasteiger partial charge in [0.1, 0.15) is 5.82 Å². The van der Waals surface area contributed by atoms with Crippen LogP contribution in [0.3, 0.4) is 0 Å². The van der Waals surface area contributed by atoms with Gasteiger partial charge in [0.2, 0.25) is 0 Å². The third-order valence-corrected chi connectivity index (χ3v) is 4.36. The molecule has 3 rings (SSSR count). The lowest BCUT2D eigenvalue weighted by Crippen LogP contribution is -2.01. The lowest BCUT2D eigenvalue weighted by atomic mass is 10.2. The smallest absolute Gasteiger partial charge is 0.132 e. The highest BCUT2D eigenvalue weighted by Crippen LogP contribution is 2.32. The maximum atomic E-state index is 6.31. The average molecular weight is 340 g/mol. The third-order valence-electron chi connectivity index (χ3n) is 3.43. The fourth-order valence-electron chi connectivity index (χ4n) is 2.42. The normalized spacial score (nSPS) is 12.8. The van der Waals surface area contributed by atoms with Crippen LogP contribution in [0, 0.1) is 6.92 Å². The van der Waals surface area contributed by atoms with Gasteiger partial charge in [0.15, 0.2) is 0 Å². The summed E-state index contributed by atoms with van der Waals surface area (Å²) in [6.45, 7) is 3.95. The van der Waals surface area contributed by atoms with Crippen LogP contribution in [0.15, 0.2) is 36.4 Å². The molecule has 0 aliphatic heterocycles. The number of fused-ring (bicyclic) bond motifs is 1. The van der Waals surface area contributed by atoms with Gasteiger partial charge in [0.25, 0.3) is 0 Å². The summed E-state index contributed by atoms with van der Waals surface area (Å²) in [6.07, 6.45) is 0. The van der Waals surface area contributed by atoms with Gasteiger partial charge in [-0.25, -0.2) is 4.98 Å². The minimum absolute atomic E-state index is 0.216. The molecule has 0 fully saturated rings. The first-order valence-electron chi connectivity index (χ1n) is 6.56. The van der Waals surface area contributed by atoms with E-state index in [2.05, 4.69) is 0 Å². The second kappa shape index (κ2) is 5.53. The average Bonchev–Trinajstić information content (AvgIpc) is 2.83. The zero-order valence-electron chi connectivity index (χ0n) is 11.6. The molecule has 5 heteroatoms. The van der Waals surface area contributed by atoms with E-state index >= 15 is 0 Å². The molecule has 108 valence electrons. The molecule has 0 amide bonds. The van der Waals surface area contributed by atoms with E-state index in [0.29, 0.717) is 10.0 Å². The van der Waals surface area contributed by atoms with E-state index in [4.69, 9.17) is 39.8 Å². The number of alkyl halides is 1. The van der Waals surface area contributed by atoms with Gasteiger partial charge in [-0.15, -0.1) is 11.6 Å². The van der Waals surface area contributed by atoms with E-state index < -0.39 is 0 Å². The summed E-state index contributed by atoms with van der Waals surface area (Å²) in [6, 6.07) is 11.6. The lowest BCUT2D eigenvalue weighted by molar-refractivity contribution is 0.882. The maximum absolute atomic E-state index is 6.31. The molecular formula is C16H13Cl3N2. The monoisotopic (exact) mass is 338 g/mol. The van der Waals surface area contributed by atoms with Crippen molar-refractivity contribution in [2.24, 2.45) is 0 Å². The molecule has 2 aromatic carbocycles. The van der Waals surface area contributed by atoms with Gasteiger partial charge in [-0.1, -0.05) is 35.3 Å². The quantitative estimate of drug-likeness (QED) is 0.528. The van der Waals surface area contributed by atoms with Gasteiger partial charge < -0.3 is 0 Å². The van der Waals surface area contributed by atoms with Crippen molar-refractivity contribution in [1.29, 1.82) is 0 Å². The Morgan fingerprint density at radius 3 is 2.52 bits per heavy atom. The number of hydrogen-bond acceptors (Lipinski definition) is 1. The van der Waals surface area contributed by atoms with Crippen molar-refractivity contribution >= 4 is 45.8 Å². The van der Waals surface area contributed by atoms with Gasteiger partial charge in [0, 0.05) is 5.69 Å². The number of nitrogens with zero attached hydrogens (tertiary/aromatic N) is 2. The first-order chi connectivity index (χ1) is 9.99. The van der Waals surface area contributed by atoms with E-state index in [-0.39, 0.29) is 5.38 Å². The molecule has 1 aromatic heterocycles. The number of aryl methyl sites for hydroxylation is 1. The number of para-hydroxylation sites is 1. The molecular weight excluding hydrogens is 327 g/mol. The molecule has 21 heavy (non-hydrogen) atoms. The minimum atomic E-state index is -0.216. The van der Waals surface area contributed by atoms with Crippen LogP contribution in [0.5, 0.6) is 0 Å². The molecule has 3 aromatic rings. The Kier molecular flexibility index (Phi) is 3.87. The molecule has 0 aliphatic carbocycles. The molecule has 0 aliphatic rings. The fraction of sp³-hybridized carbons (Fsp3) is 0.188. The summed E-state index contributed by atoms with van der Waals surface area (Å²) in [7, 11) is 0. The van der Waals surface area contributed by atoms with Crippen LogP contribution in [-0.2, 0) is 0 Å². The van der Waals surface area contributed by atoms with Crippen LogP contribution in [0.25, 0.3) is 16.7 Å². The topological polar surface area (TPSA) is 17.8 Å². The highest BCUT2D eigenvalue weighted by molar-refractivity contribution is 6.42. The van der Waals surface area contributed by atoms with Gasteiger partial charge >= 0.3 is 0 Å². The fourth-order valence-corrected chi connectivity index (χ4v) is 2.86. The summed E-state index contributed by atoms with van der Waals surface area (Å²) in [4.78, 5) is 4.70. The zero-order chi connectivity index (χ0) is 15.1. The van der Waals surface area contributed by atoms with Crippen LogP contribution < -0.4 is 0 Å². The molecule has 0 bridgehead atoms. The van der Waals surface area contributed by atoms with Crippen LogP contribution in [0.4, 0.5) is 0 Å². The number of aromatic nitrogens is 2. The molecule has 0 saturated carbocycles. The Hall–Kier alpha value is -1.22. The predicted octanol–water partition coefficient (Wildman–Crippen LogP) is 5.94. The van der Waals surface area contributed by atoms with Crippen LogP contribution in [0.2, 0.25) is 10.0 Å². The summed E-state index contributed by atoms with van der Waals surface area (Å²) in [5, 5.41) is 0.824. The molecule has 2 nitrogen and oxygen atoms in total. The highest BCUT2D eigenvalue weighted by atomic mass is 35.5. The summed E-state index contributed by atoms with van der Waals surface area (Å²) < 4.78 is 2.03. The largest absolute Gasteiger partial charge is 0.295 e.